The lowest BCUT2D eigenvalue weighted by molar-refractivity contribution is -0.122. The molecule has 22 heavy (non-hydrogen) atoms. The van der Waals surface area contributed by atoms with Gasteiger partial charge in [-0.05, 0) is 42.9 Å². The van der Waals surface area contributed by atoms with Crippen LogP contribution in [0.15, 0.2) is 18.2 Å². The number of nitrogens with two attached hydrogens (primary N) is 1. The third-order valence-corrected chi connectivity index (χ3v) is 4.96. The summed E-state index contributed by atoms with van der Waals surface area (Å²) in [6.45, 7) is 0.507. The van der Waals surface area contributed by atoms with Gasteiger partial charge >= 0.3 is 0 Å². The highest BCUT2D eigenvalue weighted by Crippen LogP contribution is 2.47. The van der Waals surface area contributed by atoms with E-state index in [4.69, 9.17) is 5.73 Å². The van der Waals surface area contributed by atoms with Crippen molar-refractivity contribution in [2.24, 2.45) is 11.7 Å². The minimum absolute atomic E-state index is 0.00446. The second-order valence-electron chi connectivity index (χ2n) is 6.76. The van der Waals surface area contributed by atoms with Crippen molar-refractivity contribution < 1.29 is 13.6 Å². The maximum Gasteiger partial charge on any atom is 0.223 e. The summed E-state index contributed by atoms with van der Waals surface area (Å²) in [7, 11) is 0. The topological polar surface area (TPSA) is 55.1 Å². The van der Waals surface area contributed by atoms with Crippen LogP contribution in [0.3, 0.4) is 0 Å². The van der Waals surface area contributed by atoms with Crippen LogP contribution in [0.25, 0.3) is 0 Å². The van der Waals surface area contributed by atoms with Gasteiger partial charge in [-0.15, -0.1) is 0 Å². The minimum atomic E-state index is -0.855. The number of amides is 1. The van der Waals surface area contributed by atoms with E-state index in [1.165, 1.54) is 12.5 Å². The number of carbonyl (C=O) groups excluding carboxylic acids is 1. The zero-order valence-corrected chi connectivity index (χ0v) is 12.6. The molecule has 3 N–H and O–H groups in total. The first-order valence-corrected chi connectivity index (χ1v) is 8.00. The first-order chi connectivity index (χ1) is 10.5. The van der Waals surface area contributed by atoms with Gasteiger partial charge in [-0.1, -0.05) is 25.3 Å². The van der Waals surface area contributed by atoms with Gasteiger partial charge in [0.05, 0.1) is 0 Å². The van der Waals surface area contributed by atoms with E-state index in [1.807, 2.05) is 0 Å². The van der Waals surface area contributed by atoms with E-state index < -0.39 is 11.6 Å². The molecule has 0 aliphatic heterocycles. The van der Waals surface area contributed by atoms with Crippen LogP contribution < -0.4 is 11.1 Å². The summed E-state index contributed by atoms with van der Waals surface area (Å²) < 4.78 is 26.2. The van der Waals surface area contributed by atoms with Gasteiger partial charge < -0.3 is 11.1 Å². The third kappa shape index (κ3) is 3.29. The Labute approximate surface area is 129 Å². The number of hydrogen-bond donors (Lipinski definition) is 2. The summed E-state index contributed by atoms with van der Waals surface area (Å²) in [4.78, 5) is 12.2. The predicted octanol–water partition coefficient (Wildman–Crippen LogP) is 2.85. The lowest BCUT2D eigenvalue weighted by atomic mass is 9.82. The van der Waals surface area contributed by atoms with Crippen LogP contribution in [0.5, 0.6) is 0 Å². The smallest absolute Gasteiger partial charge is 0.223 e. The highest BCUT2D eigenvalue weighted by atomic mass is 19.2. The van der Waals surface area contributed by atoms with Crippen LogP contribution in [-0.4, -0.2) is 18.0 Å². The van der Waals surface area contributed by atoms with E-state index in [0.717, 1.165) is 31.7 Å². The number of rotatable bonds is 4. The minimum Gasteiger partial charge on any atom is -0.354 e. The van der Waals surface area contributed by atoms with E-state index in [9.17, 15) is 13.6 Å². The van der Waals surface area contributed by atoms with E-state index in [2.05, 4.69) is 5.32 Å². The molecule has 0 bridgehead atoms. The number of nitrogens with one attached hydrogen (secondary N) is 1. The van der Waals surface area contributed by atoms with Crippen LogP contribution in [-0.2, 0) is 4.79 Å². The van der Waals surface area contributed by atoms with Gasteiger partial charge in [0, 0.05) is 18.0 Å². The molecule has 0 heterocycles. The molecular formula is C17H22F2N2O. The van der Waals surface area contributed by atoms with Gasteiger partial charge in [0.1, 0.15) is 0 Å². The molecule has 2 atom stereocenters. The second kappa shape index (κ2) is 5.95. The van der Waals surface area contributed by atoms with Crippen LogP contribution in [0.4, 0.5) is 8.78 Å². The Hall–Kier alpha value is -1.49. The van der Waals surface area contributed by atoms with Gasteiger partial charge in [0.15, 0.2) is 11.6 Å². The van der Waals surface area contributed by atoms with Crippen molar-refractivity contribution in [1.82, 2.24) is 5.32 Å². The molecule has 0 saturated heterocycles. The molecule has 5 heteroatoms. The number of halogens is 2. The molecule has 0 radical (unpaired) electrons. The standard InChI is InChI=1S/C17H22F2N2O/c18-14-5-4-11(8-15(14)19)12-9-13(12)16(22)21-10-17(20)6-2-1-3-7-17/h4-5,8,12-13H,1-3,6-7,9-10,20H2,(H,21,22)/t12-,13+/m0/s1. The fourth-order valence-corrected chi connectivity index (χ4v) is 3.42. The lowest BCUT2D eigenvalue weighted by Gasteiger charge is -2.33. The molecule has 2 fully saturated rings. The van der Waals surface area contributed by atoms with Gasteiger partial charge in [0.25, 0.3) is 0 Å². The van der Waals surface area contributed by atoms with Crippen molar-refractivity contribution in [1.29, 1.82) is 0 Å². The SMILES string of the molecule is NC1(CNC(=O)[C@@H]2C[C@H]2c2ccc(F)c(F)c2)CCCCC1. The lowest BCUT2D eigenvalue weighted by Crippen LogP contribution is -2.51. The molecule has 1 amide bonds. The summed E-state index contributed by atoms with van der Waals surface area (Å²) in [5.74, 6) is -1.88. The number of carbonyl (C=O) groups is 1. The molecule has 120 valence electrons. The highest BCUT2D eigenvalue weighted by Gasteiger charge is 2.44. The Morgan fingerprint density at radius 2 is 1.95 bits per heavy atom. The number of benzene rings is 1. The average molecular weight is 308 g/mol. The van der Waals surface area contributed by atoms with Crippen LogP contribution in [0, 0.1) is 17.6 Å². The molecule has 2 aliphatic rings. The van der Waals surface area contributed by atoms with E-state index >= 15 is 0 Å². The molecule has 1 aromatic carbocycles. The molecule has 3 rings (SSSR count). The van der Waals surface area contributed by atoms with Crippen LogP contribution in [0.1, 0.15) is 50.0 Å². The fourth-order valence-electron chi connectivity index (χ4n) is 3.42. The zero-order valence-electron chi connectivity index (χ0n) is 12.6. The maximum atomic E-state index is 13.2. The van der Waals surface area contributed by atoms with Gasteiger partial charge in [-0.25, -0.2) is 8.78 Å². The van der Waals surface area contributed by atoms with Crippen LogP contribution >= 0.6 is 0 Å². The van der Waals surface area contributed by atoms with Crippen molar-refractivity contribution in [2.45, 2.75) is 50.0 Å². The Kier molecular flexibility index (Phi) is 4.17. The van der Waals surface area contributed by atoms with Gasteiger partial charge in [-0.2, -0.15) is 0 Å². The quantitative estimate of drug-likeness (QED) is 0.898. The van der Waals surface area contributed by atoms with Crippen LogP contribution in [0.2, 0.25) is 0 Å². The van der Waals surface area contributed by atoms with Crippen molar-refractivity contribution in [3.8, 4) is 0 Å². The summed E-state index contributed by atoms with van der Waals surface area (Å²) in [5.41, 5.74) is 6.72. The molecule has 0 aromatic heterocycles. The van der Waals surface area contributed by atoms with E-state index in [0.29, 0.717) is 18.5 Å². The Morgan fingerprint density at radius 1 is 1.23 bits per heavy atom. The molecule has 3 nitrogen and oxygen atoms in total. The Bertz CT molecular complexity index is 570. The van der Waals surface area contributed by atoms with Crippen molar-refractivity contribution in [3.05, 3.63) is 35.4 Å². The van der Waals surface area contributed by atoms with Gasteiger partial charge in [-0.3, -0.25) is 4.79 Å². The summed E-state index contributed by atoms with van der Waals surface area (Å²) in [5, 5.41) is 2.95. The molecule has 0 spiro atoms. The average Bonchev–Trinajstić information content (AvgIpc) is 3.29. The first kappa shape index (κ1) is 15.4. The molecule has 0 unspecified atom stereocenters. The predicted molar refractivity (Wildman–Crippen MR) is 80.2 cm³/mol. The molecule has 1 aromatic rings. The van der Waals surface area contributed by atoms with Crippen molar-refractivity contribution in [2.75, 3.05) is 6.54 Å². The highest BCUT2D eigenvalue weighted by molar-refractivity contribution is 5.83. The molecule has 2 saturated carbocycles. The maximum absolute atomic E-state index is 13.2. The Morgan fingerprint density at radius 3 is 2.64 bits per heavy atom. The summed E-state index contributed by atoms with van der Waals surface area (Å²) in [6, 6.07) is 3.87. The fraction of sp³-hybridized carbons (Fsp3) is 0.588. The zero-order chi connectivity index (χ0) is 15.7. The van der Waals surface area contributed by atoms with E-state index in [-0.39, 0.29) is 23.3 Å². The third-order valence-electron chi connectivity index (χ3n) is 4.96. The van der Waals surface area contributed by atoms with Crippen molar-refractivity contribution in [3.63, 3.8) is 0 Å². The molecular weight excluding hydrogens is 286 g/mol. The monoisotopic (exact) mass is 308 g/mol. The summed E-state index contributed by atoms with van der Waals surface area (Å²) >= 11 is 0. The normalized spacial score (nSPS) is 26.5. The summed E-state index contributed by atoms with van der Waals surface area (Å²) in [6.07, 6.45) is 6.04. The Balaban J connectivity index is 1.53. The molecule has 2 aliphatic carbocycles. The van der Waals surface area contributed by atoms with Gasteiger partial charge in [0.2, 0.25) is 5.91 Å². The second-order valence-corrected chi connectivity index (χ2v) is 6.76. The van der Waals surface area contributed by atoms with Crippen molar-refractivity contribution >= 4 is 5.91 Å². The van der Waals surface area contributed by atoms with E-state index in [1.54, 1.807) is 6.07 Å². The largest absolute Gasteiger partial charge is 0.354 e. The first-order valence-electron chi connectivity index (χ1n) is 8.00. The number of hydrogen-bond acceptors (Lipinski definition) is 2.